The van der Waals surface area contributed by atoms with Crippen LogP contribution in [-0.4, -0.2) is 33.1 Å². The summed E-state index contributed by atoms with van der Waals surface area (Å²) in [5.41, 5.74) is 0.262. The molecule has 0 spiro atoms. The average molecular weight is 263 g/mol. The number of hydrogen-bond donors (Lipinski definition) is 1. The molecule has 0 saturated carbocycles. The van der Waals surface area contributed by atoms with Crippen molar-refractivity contribution in [2.45, 2.75) is 13.8 Å². The van der Waals surface area contributed by atoms with Gasteiger partial charge in [0.15, 0.2) is 11.6 Å². The van der Waals surface area contributed by atoms with Crippen LogP contribution in [0.25, 0.3) is 11.4 Å². The van der Waals surface area contributed by atoms with Crippen LogP contribution >= 0.6 is 0 Å². The summed E-state index contributed by atoms with van der Waals surface area (Å²) in [6.45, 7) is 4.81. The average Bonchev–Trinajstić information content (AvgIpc) is 2.40. The highest BCUT2D eigenvalue weighted by Crippen LogP contribution is 2.20. The molecular weight excluding hydrogens is 249 g/mol. The maximum absolute atomic E-state index is 13.7. The number of nitrogens with zero attached hydrogens (tertiary/aromatic N) is 4. The topological polar surface area (TPSA) is 72.8 Å². The Bertz CT molecular complexity index is 539. The minimum absolute atomic E-state index is 0.166. The van der Waals surface area contributed by atoms with Crippen molar-refractivity contribution < 1.29 is 9.13 Å². The molecule has 2 rings (SSSR count). The zero-order valence-electron chi connectivity index (χ0n) is 10.7. The van der Waals surface area contributed by atoms with Crippen LogP contribution in [0.1, 0.15) is 13.8 Å². The minimum atomic E-state index is -0.487. The number of rotatable bonds is 5. The van der Waals surface area contributed by atoms with Gasteiger partial charge in [0.1, 0.15) is 0 Å². The highest BCUT2D eigenvalue weighted by atomic mass is 19.1. The lowest BCUT2D eigenvalue weighted by Crippen LogP contribution is -2.08. The van der Waals surface area contributed by atoms with Gasteiger partial charge in [-0.3, -0.25) is 4.98 Å². The van der Waals surface area contributed by atoms with Gasteiger partial charge in [0.05, 0.1) is 18.4 Å². The fraction of sp³-hybridized carbons (Fsp3) is 0.333. The lowest BCUT2D eigenvalue weighted by molar-refractivity contribution is 0.312. The Labute approximate surface area is 110 Å². The fourth-order valence-electron chi connectivity index (χ4n) is 1.46. The van der Waals surface area contributed by atoms with Crippen molar-refractivity contribution in [2.75, 3.05) is 18.5 Å². The number of halogens is 1. The predicted octanol–water partition coefficient (Wildman–Crippen LogP) is 1.90. The molecule has 0 aromatic carbocycles. The summed E-state index contributed by atoms with van der Waals surface area (Å²) in [5.74, 6) is 0.0834. The molecule has 2 aromatic rings. The van der Waals surface area contributed by atoms with E-state index in [0.717, 1.165) is 6.20 Å². The van der Waals surface area contributed by atoms with E-state index in [9.17, 15) is 4.39 Å². The first kappa shape index (κ1) is 13.1. The summed E-state index contributed by atoms with van der Waals surface area (Å²) in [5, 5.41) is 2.96. The van der Waals surface area contributed by atoms with Crippen molar-refractivity contribution in [1.82, 2.24) is 19.9 Å². The molecule has 0 saturated heterocycles. The highest BCUT2D eigenvalue weighted by Gasteiger charge is 2.12. The smallest absolute Gasteiger partial charge is 0.321 e. The standard InChI is InChI=1S/C12H14FN5O/c1-3-15-11-16-10(17-12(18-11)19-4-2)8-5-6-14-7-9(8)13/h5-7H,3-4H2,1-2H3,(H,15,16,17,18). The molecule has 19 heavy (non-hydrogen) atoms. The maximum atomic E-state index is 13.7. The lowest BCUT2D eigenvalue weighted by Gasteiger charge is -2.08. The maximum Gasteiger partial charge on any atom is 0.321 e. The number of ether oxygens (including phenoxy) is 1. The van der Waals surface area contributed by atoms with E-state index >= 15 is 0 Å². The van der Waals surface area contributed by atoms with Crippen LogP contribution in [-0.2, 0) is 0 Å². The molecule has 0 aliphatic heterocycles. The van der Waals surface area contributed by atoms with Crippen molar-refractivity contribution in [3.05, 3.63) is 24.3 Å². The van der Waals surface area contributed by atoms with E-state index in [4.69, 9.17) is 4.74 Å². The summed E-state index contributed by atoms with van der Waals surface area (Å²) in [6.07, 6.45) is 2.60. The second kappa shape index (κ2) is 6.03. The third kappa shape index (κ3) is 3.12. The van der Waals surface area contributed by atoms with Crippen LogP contribution in [0.2, 0.25) is 0 Å². The molecule has 7 heteroatoms. The monoisotopic (exact) mass is 263 g/mol. The first-order valence-electron chi connectivity index (χ1n) is 5.97. The summed E-state index contributed by atoms with van der Waals surface area (Å²) in [6, 6.07) is 1.68. The number of nitrogens with one attached hydrogen (secondary N) is 1. The van der Waals surface area contributed by atoms with Crippen LogP contribution in [0.3, 0.4) is 0 Å². The highest BCUT2D eigenvalue weighted by molar-refractivity contribution is 5.56. The van der Waals surface area contributed by atoms with Crippen LogP contribution in [0, 0.1) is 5.82 Å². The van der Waals surface area contributed by atoms with Crippen molar-refractivity contribution in [1.29, 1.82) is 0 Å². The number of anilines is 1. The van der Waals surface area contributed by atoms with Crippen molar-refractivity contribution >= 4 is 5.95 Å². The summed E-state index contributed by atoms with van der Waals surface area (Å²) in [7, 11) is 0. The van der Waals surface area contributed by atoms with Gasteiger partial charge >= 0.3 is 6.01 Å². The molecule has 2 heterocycles. The molecule has 0 radical (unpaired) electrons. The number of hydrogen-bond acceptors (Lipinski definition) is 6. The molecule has 0 unspecified atom stereocenters. The van der Waals surface area contributed by atoms with Crippen molar-refractivity contribution in [3.8, 4) is 17.4 Å². The third-order valence-corrected chi connectivity index (χ3v) is 2.24. The predicted molar refractivity (Wildman–Crippen MR) is 68.3 cm³/mol. The first-order valence-corrected chi connectivity index (χ1v) is 5.97. The molecular formula is C12H14FN5O. The first-order chi connectivity index (χ1) is 9.24. The fourth-order valence-corrected chi connectivity index (χ4v) is 1.46. The third-order valence-electron chi connectivity index (χ3n) is 2.24. The Hall–Kier alpha value is -2.31. The van der Waals surface area contributed by atoms with E-state index in [1.807, 2.05) is 13.8 Å². The van der Waals surface area contributed by atoms with Crippen LogP contribution in [0.5, 0.6) is 6.01 Å². The van der Waals surface area contributed by atoms with E-state index in [1.165, 1.54) is 12.3 Å². The minimum Gasteiger partial charge on any atom is -0.464 e. The molecule has 6 nitrogen and oxygen atoms in total. The van der Waals surface area contributed by atoms with Crippen LogP contribution in [0.4, 0.5) is 10.3 Å². The molecule has 2 aromatic heterocycles. The van der Waals surface area contributed by atoms with Gasteiger partial charge in [-0.1, -0.05) is 0 Å². The Morgan fingerprint density at radius 3 is 2.79 bits per heavy atom. The van der Waals surface area contributed by atoms with E-state index in [-0.39, 0.29) is 17.4 Å². The second-order valence-corrected chi connectivity index (χ2v) is 3.58. The van der Waals surface area contributed by atoms with E-state index in [1.54, 1.807) is 0 Å². The Morgan fingerprint density at radius 2 is 2.11 bits per heavy atom. The van der Waals surface area contributed by atoms with Gasteiger partial charge in [-0.05, 0) is 19.9 Å². The van der Waals surface area contributed by atoms with Gasteiger partial charge in [0.2, 0.25) is 5.95 Å². The Balaban J connectivity index is 2.46. The van der Waals surface area contributed by atoms with E-state index in [2.05, 4.69) is 25.3 Å². The Morgan fingerprint density at radius 1 is 1.26 bits per heavy atom. The van der Waals surface area contributed by atoms with Gasteiger partial charge in [-0.15, -0.1) is 0 Å². The van der Waals surface area contributed by atoms with Gasteiger partial charge in [0, 0.05) is 12.7 Å². The second-order valence-electron chi connectivity index (χ2n) is 3.58. The van der Waals surface area contributed by atoms with E-state index < -0.39 is 5.82 Å². The normalized spacial score (nSPS) is 10.3. The van der Waals surface area contributed by atoms with Crippen LogP contribution < -0.4 is 10.1 Å². The number of pyridine rings is 1. The summed E-state index contributed by atoms with van der Waals surface area (Å²) >= 11 is 0. The van der Waals surface area contributed by atoms with Gasteiger partial charge in [0.25, 0.3) is 0 Å². The molecule has 0 fully saturated rings. The van der Waals surface area contributed by atoms with Gasteiger partial charge in [-0.2, -0.15) is 15.0 Å². The zero-order chi connectivity index (χ0) is 13.7. The van der Waals surface area contributed by atoms with E-state index in [0.29, 0.717) is 19.1 Å². The SMILES string of the molecule is CCNc1nc(OCC)nc(-c2ccncc2F)n1. The molecule has 0 atom stereocenters. The largest absolute Gasteiger partial charge is 0.464 e. The van der Waals surface area contributed by atoms with Crippen molar-refractivity contribution in [2.24, 2.45) is 0 Å². The summed E-state index contributed by atoms with van der Waals surface area (Å²) in [4.78, 5) is 16.0. The molecule has 0 amide bonds. The molecule has 100 valence electrons. The molecule has 1 N–H and O–H groups in total. The molecule has 0 bridgehead atoms. The number of aromatic nitrogens is 4. The molecule has 0 aliphatic carbocycles. The Kier molecular flexibility index (Phi) is 4.17. The summed E-state index contributed by atoms with van der Waals surface area (Å²) < 4.78 is 18.9. The lowest BCUT2D eigenvalue weighted by atomic mass is 10.2. The zero-order valence-corrected chi connectivity index (χ0v) is 10.7. The van der Waals surface area contributed by atoms with Crippen molar-refractivity contribution in [3.63, 3.8) is 0 Å². The quantitative estimate of drug-likeness (QED) is 0.888. The van der Waals surface area contributed by atoms with Gasteiger partial charge in [-0.25, -0.2) is 4.39 Å². The van der Waals surface area contributed by atoms with Crippen LogP contribution in [0.15, 0.2) is 18.5 Å². The molecule has 0 aliphatic rings. The van der Waals surface area contributed by atoms with Gasteiger partial charge < -0.3 is 10.1 Å².